The van der Waals surface area contributed by atoms with Gasteiger partial charge >= 0.3 is 0 Å². The molecular weight excluding hydrogens is 372 g/mol. The first kappa shape index (κ1) is 18.9. The maximum absolute atomic E-state index is 13.0. The molecule has 3 rings (SSSR count). The van der Waals surface area contributed by atoms with Crippen molar-refractivity contribution in [2.45, 2.75) is 18.7 Å². The van der Waals surface area contributed by atoms with Gasteiger partial charge in [-0.2, -0.15) is 8.42 Å². The van der Waals surface area contributed by atoms with Gasteiger partial charge in [0.05, 0.1) is 18.1 Å². The molecule has 5 nitrogen and oxygen atoms in total. The van der Waals surface area contributed by atoms with E-state index in [0.717, 1.165) is 5.56 Å². The first-order valence-electron chi connectivity index (χ1n) is 8.38. The molecule has 0 aromatic heterocycles. The lowest BCUT2D eigenvalue weighted by atomic mass is 10.2. The lowest BCUT2D eigenvalue weighted by Gasteiger charge is -2.29. The van der Waals surface area contributed by atoms with Gasteiger partial charge in [0.15, 0.2) is 0 Å². The van der Waals surface area contributed by atoms with Crippen LogP contribution in [-0.2, 0) is 14.8 Å². The lowest BCUT2D eigenvalue weighted by Crippen LogP contribution is -2.41. The summed E-state index contributed by atoms with van der Waals surface area (Å²) >= 11 is 5.98. The normalized spacial score (nSPS) is 16.0. The SMILES string of the molecule is Cc1ccc(C)c(S(=O)(=O)/N=C(/c2ccc(Cl)cc2)N2CCOCC2)c1. The number of rotatable bonds is 3. The van der Waals surface area contributed by atoms with E-state index in [2.05, 4.69) is 4.40 Å². The molecule has 2 aromatic rings. The number of aryl methyl sites for hydroxylation is 2. The summed E-state index contributed by atoms with van der Waals surface area (Å²) in [5.74, 6) is 0.422. The largest absolute Gasteiger partial charge is 0.378 e. The quantitative estimate of drug-likeness (QED) is 0.593. The van der Waals surface area contributed by atoms with Crippen molar-refractivity contribution in [2.24, 2.45) is 4.40 Å². The molecule has 2 aromatic carbocycles. The Labute approximate surface area is 159 Å². The molecule has 26 heavy (non-hydrogen) atoms. The molecule has 7 heteroatoms. The smallest absolute Gasteiger partial charge is 0.284 e. The van der Waals surface area contributed by atoms with Crippen LogP contribution in [0.1, 0.15) is 16.7 Å². The Morgan fingerprint density at radius 1 is 1.08 bits per heavy atom. The highest BCUT2D eigenvalue weighted by atomic mass is 35.5. The van der Waals surface area contributed by atoms with Gasteiger partial charge in [-0.1, -0.05) is 23.7 Å². The van der Waals surface area contributed by atoms with Crippen molar-refractivity contribution in [1.82, 2.24) is 4.90 Å². The summed E-state index contributed by atoms with van der Waals surface area (Å²) in [7, 11) is -3.85. The van der Waals surface area contributed by atoms with E-state index < -0.39 is 10.0 Å². The highest BCUT2D eigenvalue weighted by molar-refractivity contribution is 7.90. The topological polar surface area (TPSA) is 59.0 Å². The fourth-order valence-corrected chi connectivity index (χ4v) is 4.30. The lowest BCUT2D eigenvalue weighted by molar-refractivity contribution is 0.0683. The van der Waals surface area contributed by atoms with Crippen LogP contribution in [-0.4, -0.2) is 45.5 Å². The highest BCUT2D eigenvalue weighted by Gasteiger charge is 2.23. The van der Waals surface area contributed by atoms with Crippen LogP contribution in [0.25, 0.3) is 0 Å². The summed E-state index contributed by atoms with van der Waals surface area (Å²) in [4.78, 5) is 2.17. The van der Waals surface area contributed by atoms with Crippen LogP contribution in [0.5, 0.6) is 0 Å². The van der Waals surface area contributed by atoms with Crippen molar-refractivity contribution in [2.75, 3.05) is 26.3 Å². The van der Waals surface area contributed by atoms with Gasteiger partial charge in [0, 0.05) is 23.7 Å². The maximum Gasteiger partial charge on any atom is 0.284 e. The minimum Gasteiger partial charge on any atom is -0.378 e. The molecule has 0 unspecified atom stereocenters. The van der Waals surface area contributed by atoms with Gasteiger partial charge in [-0.15, -0.1) is 4.40 Å². The fourth-order valence-electron chi connectivity index (χ4n) is 2.82. The number of ether oxygens (including phenoxy) is 1. The third-order valence-electron chi connectivity index (χ3n) is 4.24. The van der Waals surface area contributed by atoms with Gasteiger partial charge < -0.3 is 9.64 Å². The minimum absolute atomic E-state index is 0.234. The monoisotopic (exact) mass is 392 g/mol. The van der Waals surface area contributed by atoms with Crippen molar-refractivity contribution in [3.05, 3.63) is 64.2 Å². The summed E-state index contributed by atoms with van der Waals surface area (Å²) < 4.78 is 35.7. The number of halogens is 1. The van der Waals surface area contributed by atoms with Gasteiger partial charge in [-0.05, 0) is 55.3 Å². The zero-order chi connectivity index (χ0) is 18.7. The number of benzene rings is 2. The van der Waals surface area contributed by atoms with Crippen LogP contribution in [0, 0.1) is 13.8 Å². The van der Waals surface area contributed by atoms with Gasteiger partial charge in [0.2, 0.25) is 0 Å². The van der Waals surface area contributed by atoms with Crippen molar-refractivity contribution < 1.29 is 13.2 Å². The predicted molar refractivity (Wildman–Crippen MR) is 103 cm³/mol. The second kappa shape index (κ2) is 7.78. The first-order chi connectivity index (χ1) is 12.4. The van der Waals surface area contributed by atoms with Crippen LogP contribution in [0.2, 0.25) is 5.02 Å². The molecule has 0 N–H and O–H groups in total. The minimum atomic E-state index is -3.85. The summed E-state index contributed by atoms with van der Waals surface area (Å²) in [6.45, 7) is 5.89. The Morgan fingerprint density at radius 3 is 2.38 bits per heavy atom. The molecule has 0 aliphatic carbocycles. The molecule has 1 saturated heterocycles. The second-order valence-electron chi connectivity index (χ2n) is 6.27. The number of morpholine rings is 1. The summed E-state index contributed by atoms with van der Waals surface area (Å²) in [6, 6.07) is 12.4. The molecule has 1 fully saturated rings. The maximum atomic E-state index is 13.0. The predicted octanol–water partition coefficient (Wildman–Crippen LogP) is 3.42. The fraction of sp³-hybridized carbons (Fsp3) is 0.316. The average molecular weight is 393 g/mol. The zero-order valence-electron chi connectivity index (χ0n) is 14.8. The van der Waals surface area contributed by atoms with Gasteiger partial charge in [-0.25, -0.2) is 0 Å². The zero-order valence-corrected chi connectivity index (χ0v) is 16.3. The van der Waals surface area contributed by atoms with E-state index in [4.69, 9.17) is 16.3 Å². The average Bonchev–Trinajstić information content (AvgIpc) is 2.63. The Bertz CT molecular complexity index is 918. The third-order valence-corrected chi connectivity index (χ3v) is 5.90. The molecule has 1 heterocycles. The standard InChI is InChI=1S/C19H21ClN2O3S/c1-14-3-4-15(2)18(13-14)26(23,24)21-19(22-9-11-25-12-10-22)16-5-7-17(20)8-6-16/h3-8,13H,9-12H2,1-2H3/b21-19-. The van der Waals surface area contributed by atoms with Crippen molar-refractivity contribution in [3.8, 4) is 0 Å². The first-order valence-corrected chi connectivity index (χ1v) is 10.2. The Balaban J connectivity index is 2.10. The molecule has 0 radical (unpaired) electrons. The van der Waals surface area contributed by atoms with Crippen LogP contribution in [0.15, 0.2) is 51.8 Å². The molecule has 0 bridgehead atoms. The van der Waals surface area contributed by atoms with E-state index in [0.29, 0.717) is 48.3 Å². The molecular formula is C19H21ClN2O3S. The van der Waals surface area contributed by atoms with Crippen LogP contribution in [0.4, 0.5) is 0 Å². The van der Waals surface area contributed by atoms with E-state index >= 15 is 0 Å². The molecule has 0 amide bonds. The molecule has 0 atom stereocenters. The van der Waals surface area contributed by atoms with Gasteiger partial charge in [0.1, 0.15) is 5.84 Å². The molecule has 0 saturated carbocycles. The highest BCUT2D eigenvalue weighted by Crippen LogP contribution is 2.22. The molecule has 1 aliphatic rings. The van der Waals surface area contributed by atoms with Crippen molar-refractivity contribution in [3.63, 3.8) is 0 Å². The Morgan fingerprint density at radius 2 is 1.73 bits per heavy atom. The van der Waals surface area contributed by atoms with Crippen LogP contribution < -0.4 is 0 Å². The summed E-state index contributed by atoms with van der Waals surface area (Å²) in [5, 5.41) is 0.590. The summed E-state index contributed by atoms with van der Waals surface area (Å²) in [5.41, 5.74) is 2.27. The van der Waals surface area contributed by atoms with Crippen LogP contribution >= 0.6 is 11.6 Å². The number of nitrogens with zero attached hydrogens (tertiary/aromatic N) is 2. The van der Waals surface area contributed by atoms with E-state index in [1.807, 2.05) is 17.9 Å². The third kappa shape index (κ3) is 4.26. The van der Waals surface area contributed by atoms with Gasteiger partial charge in [0.25, 0.3) is 10.0 Å². The Kier molecular flexibility index (Phi) is 5.65. The summed E-state index contributed by atoms with van der Waals surface area (Å²) in [6.07, 6.45) is 0. The van der Waals surface area contributed by atoms with E-state index in [-0.39, 0.29) is 4.90 Å². The Hall–Kier alpha value is -1.89. The number of sulfonamides is 1. The van der Waals surface area contributed by atoms with Crippen LogP contribution in [0.3, 0.4) is 0 Å². The van der Waals surface area contributed by atoms with Gasteiger partial charge in [-0.3, -0.25) is 0 Å². The van der Waals surface area contributed by atoms with E-state index in [1.54, 1.807) is 43.3 Å². The number of hydrogen-bond acceptors (Lipinski definition) is 3. The number of amidine groups is 1. The molecule has 138 valence electrons. The molecule has 1 aliphatic heterocycles. The number of hydrogen-bond donors (Lipinski definition) is 0. The van der Waals surface area contributed by atoms with E-state index in [1.165, 1.54) is 0 Å². The van der Waals surface area contributed by atoms with E-state index in [9.17, 15) is 8.42 Å². The van der Waals surface area contributed by atoms with Crippen molar-refractivity contribution in [1.29, 1.82) is 0 Å². The van der Waals surface area contributed by atoms with Crippen molar-refractivity contribution >= 4 is 27.5 Å². The second-order valence-corrected chi connectivity index (χ2v) is 8.27. The molecule has 0 spiro atoms.